The van der Waals surface area contributed by atoms with Gasteiger partial charge in [0, 0.05) is 17.5 Å². The number of hydrogen-bond donors (Lipinski definition) is 0. The van der Waals surface area contributed by atoms with Crippen LogP contribution in [0, 0.1) is 0 Å². The highest BCUT2D eigenvalue weighted by Crippen LogP contribution is 2.38. The smallest absolute Gasteiger partial charge is 0.279 e. The van der Waals surface area contributed by atoms with Gasteiger partial charge in [-0.2, -0.15) is 4.99 Å². The quantitative estimate of drug-likeness (QED) is 0.551. The summed E-state index contributed by atoms with van der Waals surface area (Å²) in [6.07, 6.45) is 0.827. The number of rotatable bonds is 7. The first-order chi connectivity index (χ1) is 15.0. The third-order valence-electron chi connectivity index (χ3n) is 4.89. The zero-order valence-electron chi connectivity index (χ0n) is 18.5. The molecule has 0 saturated carbocycles. The standard InChI is InChI=1S/C23H26N2O5S/c1-7-19-20(14-8-10-16(27-3)11-9-14)25(2)23(31-19)24-22(26)15-12-17(28-4)21(30-6)18(13-15)29-5/h8-13H,7H2,1-6H3. The van der Waals surface area contributed by atoms with Crippen LogP contribution in [0.15, 0.2) is 41.4 Å². The Morgan fingerprint density at radius 3 is 2.06 bits per heavy atom. The number of methoxy groups -OCH3 is 4. The maximum atomic E-state index is 13.0. The second-order valence-corrected chi connectivity index (χ2v) is 7.69. The van der Waals surface area contributed by atoms with E-state index >= 15 is 0 Å². The van der Waals surface area contributed by atoms with Crippen LogP contribution in [0.4, 0.5) is 0 Å². The minimum Gasteiger partial charge on any atom is -0.497 e. The molecule has 8 heteroatoms. The van der Waals surface area contributed by atoms with E-state index in [9.17, 15) is 4.79 Å². The summed E-state index contributed by atoms with van der Waals surface area (Å²) in [5.41, 5.74) is 2.43. The number of carbonyl (C=O) groups excluding carboxylic acids is 1. The van der Waals surface area contributed by atoms with E-state index in [0.29, 0.717) is 27.6 Å². The predicted molar refractivity (Wildman–Crippen MR) is 121 cm³/mol. The molecule has 0 saturated heterocycles. The van der Waals surface area contributed by atoms with E-state index in [1.54, 1.807) is 19.2 Å². The fourth-order valence-electron chi connectivity index (χ4n) is 3.31. The van der Waals surface area contributed by atoms with Gasteiger partial charge in [-0.1, -0.05) is 6.92 Å². The van der Waals surface area contributed by atoms with Crippen molar-refractivity contribution in [1.29, 1.82) is 0 Å². The minimum atomic E-state index is -0.389. The number of ether oxygens (including phenoxy) is 4. The molecule has 164 valence electrons. The molecule has 1 heterocycles. The van der Waals surface area contributed by atoms with E-state index in [0.717, 1.165) is 28.3 Å². The molecule has 2 aromatic carbocycles. The highest BCUT2D eigenvalue weighted by Gasteiger charge is 2.18. The molecule has 0 aliphatic rings. The van der Waals surface area contributed by atoms with Crippen LogP contribution in [-0.4, -0.2) is 38.9 Å². The number of nitrogens with zero attached hydrogens (tertiary/aromatic N) is 2. The first kappa shape index (κ1) is 22.4. The van der Waals surface area contributed by atoms with Crippen LogP contribution in [0.3, 0.4) is 0 Å². The van der Waals surface area contributed by atoms with Crippen LogP contribution in [0.5, 0.6) is 23.0 Å². The Balaban J connectivity index is 2.08. The molecular weight excluding hydrogens is 416 g/mol. The lowest BCUT2D eigenvalue weighted by Crippen LogP contribution is -2.14. The van der Waals surface area contributed by atoms with Gasteiger partial charge in [-0.25, -0.2) is 0 Å². The second-order valence-electron chi connectivity index (χ2n) is 6.63. The van der Waals surface area contributed by atoms with E-state index in [2.05, 4.69) is 11.9 Å². The largest absolute Gasteiger partial charge is 0.497 e. The number of hydrogen-bond acceptors (Lipinski definition) is 6. The molecule has 0 N–H and O–H groups in total. The van der Waals surface area contributed by atoms with Crippen LogP contribution in [0.2, 0.25) is 0 Å². The normalized spacial score (nSPS) is 11.4. The number of amides is 1. The summed E-state index contributed by atoms with van der Waals surface area (Å²) in [6.45, 7) is 2.09. The summed E-state index contributed by atoms with van der Waals surface area (Å²) in [5.74, 6) is 1.65. The monoisotopic (exact) mass is 442 g/mol. The van der Waals surface area contributed by atoms with Crippen LogP contribution < -0.4 is 23.7 Å². The lowest BCUT2D eigenvalue weighted by atomic mass is 10.1. The first-order valence-electron chi connectivity index (χ1n) is 9.69. The van der Waals surface area contributed by atoms with Gasteiger partial charge in [0.15, 0.2) is 16.3 Å². The summed E-state index contributed by atoms with van der Waals surface area (Å²) in [6, 6.07) is 11.1. The second kappa shape index (κ2) is 9.70. The van der Waals surface area contributed by atoms with E-state index in [1.165, 1.54) is 32.7 Å². The van der Waals surface area contributed by atoms with Gasteiger partial charge in [0.1, 0.15) is 5.75 Å². The van der Waals surface area contributed by atoms with Gasteiger partial charge in [-0.05, 0) is 48.4 Å². The summed E-state index contributed by atoms with van der Waals surface area (Å²) >= 11 is 1.50. The Morgan fingerprint density at radius 2 is 1.58 bits per heavy atom. The molecule has 0 fully saturated rings. The Bertz CT molecular complexity index is 1120. The van der Waals surface area contributed by atoms with Crippen molar-refractivity contribution < 1.29 is 23.7 Å². The van der Waals surface area contributed by atoms with E-state index < -0.39 is 0 Å². The molecule has 0 aliphatic heterocycles. The highest BCUT2D eigenvalue weighted by molar-refractivity contribution is 7.09. The molecule has 7 nitrogen and oxygen atoms in total. The van der Waals surface area contributed by atoms with E-state index in [-0.39, 0.29) is 5.91 Å². The zero-order chi connectivity index (χ0) is 22.5. The van der Waals surface area contributed by atoms with E-state index in [1.807, 2.05) is 35.9 Å². The van der Waals surface area contributed by atoms with Crippen molar-refractivity contribution in [2.45, 2.75) is 13.3 Å². The molecule has 3 aromatic rings. The molecule has 1 amide bonds. The van der Waals surface area contributed by atoms with Gasteiger partial charge in [0.2, 0.25) is 5.75 Å². The maximum absolute atomic E-state index is 13.0. The van der Waals surface area contributed by atoms with Crippen LogP contribution in [0.1, 0.15) is 22.2 Å². The summed E-state index contributed by atoms with van der Waals surface area (Å²) in [4.78, 5) is 19.1. The van der Waals surface area contributed by atoms with Gasteiger partial charge >= 0.3 is 0 Å². The summed E-state index contributed by atoms with van der Waals surface area (Å²) < 4.78 is 23.2. The Hall–Kier alpha value is -3.26. The van der Waals surface area contributed by atoms with Crippen LogP contribution in [-0.2, 0) is 13.5 Å². The summed E-state index contributed by atoms with van der Waals surface area (Å²) in [7, 11) is 8.09. The number of carbonyl (C=O) groups is 1. The maximum Gasteiger partial charge on any atom is 0.279 e. The fraction of sp³-hybridized carbons (Fsp3) is 0.304. The molecular formula is C23H26N2O5S. The molecule has 0 unspecified atom stereocenters. The highest BCUT2D eigenvalue weighted by atomic mass is 32.1. The Labute approximate surface area is 185 Å². The molecule has 0 atom stereocenters. The lowest BCUT2D eigenvalue weighted by Gasteiger charge is -2.12. The van der Waals surface area contributed by atoms with Gasteiger partial charge in [-0.15, -0.1) is 11.3 Å². The molecule has 0 bridgehead atoms. The number of thiazole rings is 1. The van der Waals surface area contributed by atoms with Gasteiger partial charge in [-0.3, -0.25) is 4.79 Å². The number of benzene rings is 2. The van der Waals surface area contributed by atoms with Gasteiger partial charge < -0.3 is 23.5 Å². The van der Waals surface area contributed by atoms with Gasteiger partial charge in [0.25, 0.3) is 5.91 Å². The SMILES string of the molecule is CCc1sc(=NC(=O)c2cc(OC)c(OC)c(OC)c2)n(C)c1-c1ccc(OC)cc1. The predicted octanol–water partition coefficient (Wildman–Crippen LogP) is 4.09. The van der Waals surface area contributed by atoms with Crippen molar-refractivity contribution in [3.63, 3.8) is 0 Å². The lowest BCUT2D eigenvalue weighted by molar-refractivity contribution is 0.0997. The third kappa shape index (κ3) is 4.44. The first-order valence-corrected chi connectivity index (χ1v) is 10.5. The molecule has 3 rings (SSSR count). The van der Waals surface area contributed by atoms with Gasteiger partial charge in [0.05, 0.1) is 34.1 Å². The fourth-order valence-corrected chi connectivity index (χ4v) is 4.38. The molecule has 0 spiro atoms. The van der Waals surface area contributed by atoms with Crippen LogP contribution >= 0.6 is 11.3 Å². The Morgan fingerprint density at radius 1 is 0.968 bits per heavy atom. The van der Waals surface area contributed by atoms with E-state index in [4.69, 9.17) is 18.9 Å². The number of aryl methyl sites for hydroxylation is 1. The molecule has 0 aliphatic carbocycles. The molecule has 0 radical (unpaired) electrons. The average molecular weight is 443 g/mol. The van der Waals surface area contributed by atoms with Crippen molar-refractivity contribution in [2.75, 3.05) is 28.4 Å². The number of aromatic nitrogens is 1. The zero-order valence-corrected chi connectivity index (χ0v) is 19.3. The Kier molecular flexibility index (Phi) is 7.02. The topological polar surface area (TPSA) is 71.3 Å². The van der Waals surface area contributed by atoms with Crippen molar-refractivity contribution >= 4 is 17.2 Å². The minimum absolute atomic E-state index is 0.354. The average Bonchev–Trinajstić information content (AvgIpc) is 3.12. The summed E-state index contributed by atoms with van der Waals surface area (Å²) in [5, 5.41) is 0. The van der Waals surface area contributed by atoms with Crippen molar-refractivity contribution in [1.82, 2.24) is 4.57 Å². The van der Waals surface area contributed by atoms with Crippen molar-refractivity contribution in [3.05, 3.63) is 51.6 Å². The third-order valence-corrected chi connectivity index (χ3v) is 6.17. The molecule has 1 aromatic heterocycles. The van der Waals surface area contributed by atoms with Crippen molar-refractivity contribution in [2.24, 2.45) is 12.0 Å². The molecule has 31 heavy (non-hydrogen) atoms. The van der Waals surface area contributed by atoms with Crippen LogP contribution in [0.25, 0.3) is 11.3 Å². The van der Waals surface area contributed by atoms with Crippen molar-refractivity contribution in [3.8, 4) is 34.3 Å².